The van der Waals surface area contributed by atoms with Gasteiger partial charge in [0.15, 0.2) is 11.4 Å². The first kappa shape index (κ1) is 17.4. The van der Waals surface area contributed by atoms with Crippen LogP contribution in [0.3, 0.4) is 0 Å². The van der Waals surface area contributed by atoms with E-state index >= 15 is 0 Å². The van der Waals surface area contributed by atoms with E-state index in [0.29, 0.717) is 26.1 Å². The quantitative estimate of drug-likeness (QED) is 0.716. The van der Waals surface area contributed by atoms with Crippen molar-refractivity contribution in [2.45, 2.75) is 52.8 Å². The second kappa shape index (κ2) is 7.54. The number of nitrogens with zero attached hydrogens (tertiary/aromatic N) is 3. The number of carbonyl (C=O) groups excluding carboxylic acids is 2. The molecule has 1 aromatic heterocycles. The van der Waals surface area contributed by atoms with Gasteiger partial charge in [0, 0.05) is 13.2 Å². The number of hydrogen-bond donors (Lipinski definition) is 2. The minimum Gasteiger partial charge on any atom is -0.379 e. The van der Waals surface area contributed by atoms with Crippen molar-refractivity contribution in [3.8, 4) is 0 Å². The van der Waals surface area contributed by atoms with Crippen LogP contribution in [-0.2, 0) is 11.3 Å². The van der Waals surface area contributed by atoms with Crippen molar-refractivity contribution in [3.63, 3.8) is 0 Å². The molecule has 0 saturated carbocycles. The molecule has 2 N–H and O–H groups in total. The Kier molecular flexibility index (Phi) is 5.70. The minimum atomic E-state index is -0.381. The summed E-state index contributed by atoms with van der Waals surface area (Å²) in [6.07, 6.45) is 0.877. The Morgan fingerprint density at radius 3 is 2.83 bits per heavy atom. The molecule has 1 aliphatic heterocycles. The van der Waals surface area contributed by atoms with Gasteiger partial charge in [-0.2, -0.15) is 0 Å². The van der Waals surface area contributed by atoms with Gasteiger partial charge in [-0.3, -0.25) is 9.59 Å². The van der Waals surface area contributed by atoms with Crippen LogP contribution in [0, 0.1) is 5.92 Å². The molecule has 128 valence electrons. The SMILES string of the molecule is CC(C)OCCCNC(=O)c1nnn2c1C(=O)N[C@@H](C(C)C)C2. The highest BCUT2D eigenvalue weighted by Gasteiger charge is 2.32. The van der Waals surface area contributed by atoms with Crippen molar-refractivity contribution < 1.29 is 14.3 Å². The first-order chi connectivity index (χ1) is 10.9. The van der Waals surface area contributed by atoms with E-state index in [2.05, 4.69) is 20.9 Å². The maximum absolute atomic E-state index is 12.2. The van der Waals surface area contributed by atoms with Gasteiger partial charge in [0.2, 0.25) is 0 Å². The molecule has 0 fully saturated rings. The first-order valence-corrected chi connectivity index (χ1v) is 8.04. The Morgan fingerprint density at radius 2 is 2.17 bits per heavy atom. The van der Waals surface area contributed by atoms with Crippen molar-refractivity contribution in [3.05, 3.63) is 11.4 Å². The molecule has 0 saturated heterocycles. The molecule has 2 heterocycles. The number of fused-ring (bicyclic) bond motifs is 1. The second-order valence-electron chi connectivity index (χ2n) is 6.32. The number of carbonyl (C=O) groups is 2. The zero-order valence-corrected chi connectivity index (χ0v) is 14.1. The molecule has 0 aliphatic carbocycles. The van der Waals surface area contributed by atoms with Gasteiger partial charge in [-0.15, -0.1) is 5.10 Å². The Balaban J connectivity index is 1.94. The maximum atomic E-state index is 12.2. The van der Waals surface area contributed by atoms with E-state index in [1.54, 1.807) is 0 Å². The largest absolute Gasteiger partial charge is 0.379 e. The van der Waals surface area contributed by atoms with Gasteiger partial charge < -0.3 is 15.4 Å². The number of hydrogen-bond acceptors (Lipinski definition) is 5. The highest BCUT2D eigenvalue weighted by Crippen LogP contribution is 2.15. The third-order valence-corrected chi connectivity index (χ3v) is 3.71. The van der Waals surface area contributed by atoms with Crippen LogP contribution in [0.4, 0.5) is 0 Å². The molecule has 2 rings (SSSR count). The highest BCUT2D eigenvalue weighted by atomic mass is 16.5. The standard InChI is InChI=1S/C15H25N5O3/c1-9(2)11-8-20-13(15(22)17-11)12(18-19-20)14(21)16-6-5-7-23-10(3)4/h9-11H,5-8H2,1-4H3,(H,16,21)(H,17,22)/t11-/m1/s1. The van der Waals surface area contributed by atoms with E-state index in [1.807, 2.05) is 27.7 Å². The fourth-order valence-corrected chi connectivity index (χ4v) is 2.34. The van der Waals surface area contributed by atoms with E-state index in [4.69, 9.17) is 4.74 Å². The van der Waals surface area contributed by atoms with Crippen LogP contribution in [0.15, 0.2) is 0 Å². The summed E-state index contributed by atoms with van der Waals surface area (Å²) in [5.74, 6) is -0.392. The summed E-state index contributed by atoms with van der Waals surface area (Å²) in [7, 11) is 0. The number of nitrogens with one attached hydrogen (secondary N) is 2. The van der Waals surface area contributed by atoms with E-state index in [0.717, 1.165) is 0 Å². The minimum absolute atomic E-state index is 0.000735. The third kappa shape index (κ3) is 4.28. The van der Waals surface area contributed by atoms with E-state index in [-0.39, 0.29) is 41.3 Å². The average molecular weight is 323 g/mol. The van der Waals surface area contributed by atoms with Crippen molar-refractivity contribution in [2.75, 3.05) is 13.2 Å². The number of rotatable bonds is 7. The molecule has 0 aromatic carbocycles. The van der Waals surface area contributed by atoms with Crippen molar-refractivity contribution >= 4 is 11.8 Å². The molecular formula is C15H25N5O3. The van der Waals surface area contributed by atoms with Gasteiger partial charge >= 0.3 is 0 Å². The smallest absolute Gasteiger partial charge is 0.274 e. The summed E-state index contributed by atoms with van der Waals surface area (Å²) in [4.78, 5) is 24.4. The summed E-state index contributed by atoms with van der Waals surface area (Å²) in [5.41, 5.74) is 0.312. The predicted molar refractivity (Wildman–Crippen MR) is 84.2 cm³/mol. The van der Waals surface area contributed by atoms with Gasteiger partial charge in [-0.05, 0) is 26.2 Å². The number of ether oxygens (including phenoxy) is 1. The average Bonchev–Trinajstić information content (AvgIpc) is 2.90. The van der Waals surface area contributed by atoms with E-state index in [9.17, 15) is 9.59 Å². The molecule has 1 aromatic rings. The van der Waals surface area contributed by atoms with E-state index < -0.39 is 0 Å². The Morgan fingerprint density at radius 1 is 1.43 bits per heavy atom. The van der Waals surface area contributed by atoms with Crippen LogP contribution in [0.25, 0.3) is 0 Å². The van der Waals surface area contributed by atoms with Crippen LogP contribution >= 0.6 is 0 Å². The topological polar surface area (TPSA) is 98.1 Å². The van der Waals surface area contributed by atoms with Crippen LogP contribution in [0.1, 0.15) is 55.1 Å². The van der Waals surface area contributed by atoms with Gasteiger partial charge in [-0.25, -0.2) is 4.68 Å². The van der Waals surface area contributed by atoms with Crippen molar-refractivity contribution in [2.24, 2.45) is 5.92 Å². The van der Waals surface area contributed by atoms with Crippen LogP contribution in [0.2, 0.25) is 0 Å². The zero-order chi connectivity index (χ0) is 17.0. The van der Waals surface area contributed by atoms with Crippen molar-refractivity contribution in [1.82, 2.24) is 25.6 Å². The lowest BCUT2D eigenvalue weighted by Crippen LogP contribution is -2.48. The lowest BCUT2D eigenvalue weighted by atomic mass is 10.0. The normalized spacial score (nSPS) is 17.3. The number of aromatic nitrogens is 3. The summed E-state index contributed by atoms with van der Waals surface area (Å²) in [6.45, 7) is 9.55. The molecule has 0 unspecified atom stereocenters. The second-order valence-corrected chi connectivity index (χ2v) is 6.32. The first-order valence-electron chi connectivity index (χ1n) is 8.04. The van der Waals surface area contributed by atoms with Gasteiger partial charge in [0.25, 0.3) is 11.8 Å². The molecule has 1 aliphatic rings. The molecule has 0 bridgehead atoms. The van der Waals surface area contributed by atoms with E-state index in [1.165, 1.54) is 4.68 Å². The van der Waals surface area contributed by atoms with Crippen molar-refractivity contribution in [1.29, 1.82) is 0 Å². The fraction of sp³-hybridized carbons (Fsp3) is 0.733. The molecular weight excluding hydrogens is 298 g/mol. The Hall–Kier alpha value is -1.96. The molecule has 8 nitrogen and oxygen atoms in total. The molecule has 0 radical (unpaired) electrons. The third-order valence-electron chi connectivity index (χ3n) is 3.71. The molecule has 2 amide bonds. The predicted octanol–water partition coefficient (Wildman–Crippen LogP) is 0.591. The molecule has 1 atom stereocenters. The maximum Gasteiger partial charge on any atom is 0.274 e. The van der Waals surface area contributed by atoms with Crippen LogP contribution < -0.4 is 10.6 Å². The van der Waals surface area contributed by atoms with Gasteiger partial charge in [0.1, 0.15) is 0 Å². The highest BCUT2D eigenvalue weighted by molar-refractivity contribution is 6.05. The summed E-state index contributed by atoms with van der Waals surface area (Å²) < 4.78 is 6.92. The Bertz CT molecular complexity index is 567. The summed E-state index contributed by atoms with van der Waals surface area (Å²) >= 11 is 0. The molecule has 23 heavy (non-hydrogen) atoms. The summed E-state index contributed by atoms with van der Waals surface area (Å²) in [5, 5.41) is 13.5. The lowest BCUT2D eigenvalue weighted by Gasteiger charge is -2.27. The summed E-state index contributed by atoms with van der Waals surface area (Å²) in [6, 6.07) is 0.000735. The number of amides is 2. The molecule has 0 spiro atoms. The lowest BCUT2D eigenvalue weighted by molar-refractivity contribution is 0.0754. The fourth-order valence-electron chi connectivity index (χ4n) is 2.34. The van der Waals surface area contributed by atoms with Gasteiger partial charge in [-0.1, -0.05) is 19.1 Å². The Labute approximate surface area is 136 Å². The van der Waals surface area contributed by atoms with Crippen LogP contribution in [-0.4, -0.2) is 52.1 Å². The van der Waals surface area contributed by atoms with Crippen LogP contribution in [0.5, 0.6) is 0 Å². The molecule has 8 heteroatoms. The monoisotopic (exact) mass is 323 g/mol. The zero-order valence-electron chi connectivity index (χ0n) is 14.1. The van der Waals surface area contributed by atoms with Gasteiger partial charge in [0.05, 0.1) is 18.7 Å².